The Kier molecular flexibility index (Phi) is 4.80. The Morgan fingerprint density at radius 2 is 2.16 bits per heavy atom. The van der Waals surface area contributed by atoms with Crippen molar-refractivity contribution < 1.29 is 4.79 Å². The molecule has 0 atom stereocenters. The summed E-state index contributed by atoms with van der Waals surface area (Å²) in [4.78, 5) is 19.4. The molecular weight excluding hydrogens is 258 g/mol. The monoisotopic (exact) mass is 277 g/mol. The van der Waals surface area contributed by atoms with E-state index < -0.39 is 0 Å². The van der Waals surface area contributed by atoms with Gasteiger partial charge in [0, 0.05) is 18.0 Å². The van der Waals surface area contributed by atoms with Crippen LogP contribution in [-0.2, 0) is 11.3 Å². The summed E-state index contributed by atoms with van der Waals surface area (Å²) in [6, 6.07) is 0. The summed E-state index contributed by atoms with van der Waals surface area (Å²) in [5.41, 5.74) is 1.01. The van der Waals surface area contributed by atoms with E-state index in [1.807, 2.05) is 6.92 Å². The smallest absolute Gasteiger partial charge is 0.296 e. The number of hydrogen-bond donors (Lipinski definition) is 1. The molecule has 0 spiro atoms. The van der Waals surface area contributed by atoms with Crippen molar-refractivity contribution in [1.82, 2.24) is 10.3 Å². The molecule has 102 valence electrons. The van der Waals surface area contributed by atoms with Crippen LogP contribution in [0.25, 0.3) is 0 Å². The van der Waals surface area contributed by atoms with Crippen LogP contribution in [-0.4, -0.2) is 24.0 Å². The largest absolute Gasteiger partial charge is 0.348 e. The van der Waals surface area contributed by atoms with Crippen LogP contribution in [0.5, 0.6) is 0 Å². The molecule has 1 aromatic rings. The van der Waals surface area contributed by atoms with E-state index >= 15 is 0 Å². The average molecular weight is 277 g/mol. The maximum Gasteiger partial charge on any atom is 0.296 e. The van der Waals surface area contributed by atoms with E-state index in [4.69, 9.17) is 0 Å². The van der Waals surface area contributed by atoms with Crippen LogP contribution in [0.15, 0.2) is 0 Å². The van der Waals surface area contributed by atoms with Gasteiger partial charge < -0.3 is 10.2 Å². The molecule has 2 rings (SSSR count). The number of thiazole rings is 1. The summed E-state index contributed by atoms with van der Waals surface area (Å²) in [5, 5.41) is 3.88. The van der Waals surface area contributed by atoms with Gasteiger partial charge in [-0.3, -0.25) is 4.79 Å². The summed E-state index contributed by atoms with van der Waals surface area (Å²) in [7, 11) is 0. The van der Waals surface area contributed by atoms with Gasteiger partial charge in [-0.1, -0.05) is 17.3 Å². The molecule has 1 saturated heterocycles. The number of aromatic nitrogens is 1. The molecule has 2 heterocycles. The summed E-state index contributed by atoms with van der Waals surface area (Å²) in [5.74, 6) is 4.84. The lowest BCUT2D eigenvalue weighted by molar-refractivity contribution is -0.115. The fourth-order valence-electron chi connectivity index (χ4n) is 2.12. The van der Waals surface area contributed by atoms with E-state index in [2.05, 4.69) is 27.0 Å². The van der Waals surface area contributed by atoms with Gasteiger partial charge in [-0.25, -0.2) is 4.98 Å². The first-order valence-corrected chi connectivity index (χ1v) is 7.44. The molecule has 1 aliphatic heterocycles. The number of amides is 1. The van der Waals surface area contributed by atoms with Gasteiger partial charge in [0.2, 0.25) is 0 Å². The lowest BCUT2D eigenvalue weighted by atomic mass is 10.1. The number of nitrogens with one attached hydrogen (secondary N) is 1. The number of nitrogens with zero attached hydrogens (tertiary/aromatic N) is 2. The molecule has 1 fully saturated rings. The topological polar surface area (TPSA) is 45.2 Å². The van der Waals surface area contributed by atoms with Crippen LogP contribution in [0, 0.1) is 18.8 Å². The molecule has 1 N–H and O–H groups in total. The molecule has 0 saturated carbocycles. The highest BCUT2D eigenvalue weighted by Crippen LogP contribution is 2.28. The lowest BCUT2D eigenvalue weighted by Gasteiger charge is -2.25. The van der Waals surface area contributed by atoms with Gasteiger partial charge in [0.05, 0.1) is 12.2 Å². The predicted octanol–water partition coefficient (Wildman–Crippen LogP) is 2.08. The normalized spacial score (nSPS) is 14.7. The first-order chi connectivity index (χ1) is 9.20. The quantitative estimate of drug-likeness (QED) is 0.860. The highest BCUT2D eigenvalue weighted by molar-refractivity contribution is 7.15. The SMILES string of the molecule is CC#CC(=O)NCc1sc(N2CCCCC2)nc1C. The molecule has 5 heteroatoms. The first-order valence-electron chi connectivity index (χ1n) is 6.62. The molecule has 1 aromatic heterocycles. The second-order valence-corrected chi connectivity index (χ2v) is 5.67. The number of hydrogen-bond acceptors (Lipinski definition) is 4. The zero-order valence-corrected chi connectivity index (χ0v) is 12.3. The highest BCUT2D eigenvalue weighted by atomic mass is 32.1. The van der Waals surface area contributed by atoms with E-state index in [1.54, 1.807) is 18.3 Å². The van der Waals surface area contributed by atoms with Gasteiger partial charge in [0.15, 0.2) is 5.13 Å². The van der Waals surface area contributed by atoms with Crippen molar-refractivity contribution in [2.75, 3.05) is 18.0 Å². The number of carbonyl (C=O) groups excluding carboxylic acids is 1. The lowest BCUT2D eigenvalue weighted by Crippen LogP contribution is -2.29. The van der Waals surface area contributed by atoms with Crippen LogP contribution < -0.4 is 10.2 Å². The molecule has 1 aliphatic rings. The molecule has 0 bridgehead atoms. The van der Waals surface area contributed by atoms with Gasteiger partial charge in [0.1, 0.15) is 0 Å². The zero-order valence-electron chi connectivity index (χ0n) is 11.5. The third-order valence-corrected chi connectivity index (χ3v) is 4.37. The first kappa shape index (κ1) is 13.9. The second-order valence-electron chi connectivity index (χ2n) is 4.61. The Morgan fingerprint density at radius 1 is 1.42 bits per heavy atom. The van der Waals surface area contributed by atoms with Crippen molar-refractivity contribution in [1.29, 1.82) is 0 Å². The summed E-state index contributed by atoms with van der Waals surface area (Å²) >= 11 is 1.68. The summed E-state index contributed by atoms with van der Waals surface area (Å²) in [6.07, 6.45) is 3.81. The number of carbonyl (C=O) groups is 1. The van der Waals surface area contributed by atoms with Crippen molar-refractivity contribution >= 4 is 22.4 Å². The standard InChI is InChI=1S/C14H19N3OS/c1-3-7-13(18)15-10-12-11(2)16-14(19-12)17-8-5-4-6-9-17/h4-6,8-10H2,1-2H3,(H,15,18). The number of aryl methyl sites for hydroxylation is 1. The number of rotatable bonds is 3. The van der Waals surface area contributed by atoms with E-state index in [1.165, 1.54) is 19.3 Å². The van der Waals surface area contributed by atoms with Crippen LogP contribution >= 0.6 is 11.3 Å². The molecule has 0 radical (unpaired) electrons. The van der Waals surface area contributed by atoms with Crippen molar-refractivity contribution in [2.45, 2.75) is 39.7 Å². The van der Waals surface area contributed by atoms with Crippen LogP contribution in [0.3, 0.4) is 0 Å². The van der Waals surface area contributed by atoms with Gasteiger partial charge in [-0.05, 0) is 39.0 Å². The summed E-state index contributed by atoms with van der Waals surface area (Å²) < 4.78 is 0. The fourth-order valence-corrected chi connectivity index (χ4v) is 3.17. The van der Waals surface area contributed by atoms with Crippen LogP contribution in [0.4, 0.5) is 5.13 Å². The van der Waals surface area contributed by atoms with Crippen molar-refractivity contribution in [3.05, 3.63) is 10.6 Å². The zero-order chi connectivity index (χ0) is 13.7. The maximum absolute atomic E-state index is 11.3. The Bertz CT molecular complexity index is 506. The minimum Gasteiger partial charge on any atom is -0.348 e. The molecule has 0 aromatic carbocycles. The number of anilines is 1. The Morgan fingerprint density at radius 3 is 2.84 bits per heavy atom. The third kappa shape index (κ3) is 3.71. The third-order valence-electron chi connectivity index (χ3n) is 3.16. The molecule has 19 heavy (non-hydrogen) atoms. The Hall–Kier alpha value is -1.54. The minimum atomic E-state index is -0.227. The van der Waals surface area contributed by atoms with Gasteiger partial charge in [0.25, 0.3) is 5.91 Å². The van der Waals surface area contributed by atoms with E-state index in [0.717, 1.165) is 28.8 Å². The van der Waals surface area contributed by atoms with Crippen LogP contribution in [0.1, 0.15) is 36.8 Å². The second kappa shape index (κ2) is 6.58. The highest BCUT2D eigenvalue weighted by Gasteiger charge is 2.16. The Labute approximate surface area is 118 Å². The molecule has 4 nitrogen and oxygen atoms in total. The summed E-state index contributed by atoms with van der Waals surface area (Å²) in [6.45, 7) is 6.37. The van der Waals surface area contributed by atoms with E-state index in [0.29, 0.717) is 6.54 Å². The van der Waals surface area contributed by atoms with Gasteiger partial charge in [-0.15, -0.1) is 0 Å². The fraction of sp³-hybridized carbons (Fsp3) is 0.571. The molecule has 0 unspecified atom stereocenters. The van der Waals surface area contributed by atoms with Crippen molar-refractivity contribution in [3.8, 4) is 11.8 Å². The van der Waals surface area contributed by atoms with E-state index in [9.17, 15) is 4.79 Å². The number of piperidine rings is 1. The van der Waals surface area contributed by atoms with Crippen LogP contribution in [0.2, 0.25) is 0 Å². The van der Waals surface area contributed by atoms with Gasteiger partial charge in [-0.2, -0.15) is 0 Å². The van der Waals surface area contributed by atoms with Crippen molar-refractivity contribution in [3.63, 3.8) is 0 Å². The predicted molar refractivity (Wildman–Crippen MR) is 78.2 cm³/mol. The molecule has 1 amide bonds. The molecule has 0 aliphatic carbocycles. The Balaban J connectivity index is 1.99. The average Bonchev–Trinajstić information content (AvgIpc) is 2.79. The maximum atomic E-state index is 11.3. The van der Waals surface area contributed by atoms with Crippen molar-refractivity contribution in [2.24, 2.45) is 0 Å². The van der Waals surface area contributed by atoms with E-state index in [-0.39, 0.29) is 5.91 Å². The minimum absolute atomic E-state index is 0.227. The molecular formula is C14H19N3OS. The van der Waals surface area contributed by atoms with Gasteiger partial charge >= 0.3 is 0 Å².